The second-order valence-electron chi connectivity index (χ2n) is 4.97. The maximum absolute atomic E-state index is 4.58. The summed E-state index contributed by atoms with van der Waals surface area (Å²) in [6, 6.07) is 8.68. The molecule has 1 heterocycles. The van der Waals surface area contributed by atoms with Crippen molar-refractivity contribution in [2.75, 3.05) is 11.9 Å². The molecule has 0 fully saturated rings. The summed E-state index contributed by atoms with van der Waals surface area (Å²) in [6.45, 7) is 6.36. The molecule has 100 valence electrons. The average molecular weight is 319 g/mol. The number of alkyl halides is 1. The van der Waals surface area contributed by atoms with Crippen LogP contribution in [0.2, 0.25) is 0 Å². The molecule has 0 saturated heterocycles. The van der Waals surface area contributed by atoms with Gasteiger partial charge in [0.05, 0.1) is 0 Å². The van der Waals surface area contributed by atoms with E-state index in [0.717, 1.165) is 11.1 Å². The van der Waals surface area contributed by atoms with Crippen LogP contribution >= 0.6 is 15.9 Å². The van der Waals surface area contributed by atoms with Crippen LogP contribution in [-0.4, -0.2) is 12.0 Å². The molecule has 1 aromatic carbocycles. The van der Waals surface area contributed by atoms with Gasteiger partial charge in [-0.15, -0.1) is 0 Å². The lowest BCUT2D eigenvalue weighted by molar-refractivity contribution is 1.08. The number of halogens is 1. The highest BCUT2D eigenvalue weighted by molar-refractivity contribution is 9.08. The Morgan fingerprint density at radius 2 is 1.84 bits per heavy atom. The Morgan fingerprint density at radius 3 is 2.42 bits per heavy atom. The normalized spacial score (nSPS) is 10.6. The SMILES string of the molecule is Cc1ccc(N(C)c2ncc(CBr)cc2C)c(C)c1. The van der Waals surface area contributed by atoms with Gasteiger partial charge in [-0.25, -0.2) is 4.98 Å². The lowest BCUT2D eigenvalue weighted by atomic mass is 10.1. The van der Waals surface area contributed by atoms with E-state index in [1.54, 1.807) is 0 Å². The monoisotopic (exact) mass is 318 g/mol. The zero-order valence-corrected chi connectivity index (χ0v) is 13.5. The minimum atomic E-state index is 0.842. The van der Waals surface area contributed by atoms with Gasteiger partial charge in [-0.05, 0) is 43.5 Å². The van der Waals surface area contributed by atoms with Crippen molar-refractivity contribution >= 4 is 27.4 Å². The predicted octanol–water partition coefficient (Wildman–Crippen LogP) is 4.67. The average Bonchev–Trinajstić information content (AvgIpc) is 2.37. The minimum Gasteiger partial charge on any atom is -0.329 e. The third kappa shape index (κ3) is 2.98. The first-order chi connectivity index (χ1) is 9.02. The standard InChI is InChI=1S/C16H19BrN2/c1-11-5-6-15(12(2)7-11)19(4)16-13(3)8-14(9-17)10-18-16/h5-8,10H,9H2,1-4H3. The Bertz CT molecular complexity index is 593. The molecular weight excluding hydrogens is 300 g/mol. The number of aromatic nitrogens is 1. The second kappa shape index (κ2) is 5.74. The number of pyridine rings is 1. The highest BCUT2D eigenvalue weighted by Crippen LogP contribution is 2.28. The van der Waals surface area contributed by atoms with Crippen molar-refractivity contribution in [3.8, 4) is 0 Å². The fraction of sp³-hybridized carbons (Fsp3) is 0.312. The first kappa shape index (κ1) is 14.1. The summed E-state index contributed by atoms with van der Waals surface area (Å²) in [5, 5.41) is 0.842. The summed E-state index contributed by atoms with van der Waals surface area (Å²) in [5.74, 6) is 1.01. The van der Waals surface area contributed by atoms with Gasteiger partial charge in [0, 0.05) is 24.3 Å². The fourth-order valence-corrected chi connectivity index (χ4v) is 2.65. The van der Waals surface area contributed by atoms with Crippen molar-refractivity contribution in [3.63, 3.8) is 0 Å². The van der Waals surface area contributed by atoms with Crippen molar-refractivity contribution in [3.05, 3.63) is 52.7 Å². The Morgan fingerprint density at radius 1 is 1.11 bits per heavy atom. The van der Waals surface area contributed by atoms with Gasteiger partial charge in [0.15, 0.2) is 0 Å². The summed E-state index contributed by atoms with van der Waals surface area (Å²) < 4.78 is 0. The Hall–Kier alpha value is -1.35. The van der Waals surface area contributed by atoms with Crippen LogP contribution in [0.5, 0.6) is 0 Å². The molecule has 0 aliphatic rings. The molecule has 0 aliphatic carbocycles. The van der Waals surface area contributed by atoms with E-state index in [1.165, 1.54) is 27.9 Å². The van der Waals surface area contributed by atoms with Crippen LogP contribution in [0.15, 0.2) is 30.5 Å². The van der Waals surface area contributed by atoms with Crippen LogP contribution in [0, 0.1) is 20.8 Å². The van der Waals surface area contributed by atoms with E-state index in [2.05, 4.69) is 77.9 Å². The molecule has 0 saturated carbocycles. The largest absolute Gasteiger partial charge is 0.329 e. The number of hydrogen-bond acceptors (Lipinski definition) is 2. The summed E-state index contributed by atoms with van der Waals surface area (Å²) in [4.78, 5) is 6.74. The van der Waals surface area contributed by atoms with Gasteiger partial charge in [0.1, 0.15) is 5.82 Å². The number of hydrogen-bond donors (Lipinski definition) is 0. The van der Waals surface area contributed by atoms with Crippen molar-refractivity contribution in [1.29, 1.82) is 0 Å². The van der Waals surface area contributed by atoms with Crippen LogP contribution in [-0.2, 0) is 5.33 Å². The van der Waals surface area contributed by atoms with Crippen molar-refractivity contribution in [1.82, 2.24) is 4.98 Å². The maximum atomic E-state index is 4.58. The van der Waals surface area contributed by atoms with Crippen LogP contribution in [0.25, 0.3) is 0 Å². The first-order valence-corrected chi connectivity index (χ1v) is 7.47. The van der Waals surface area contributed by atoms with Crippen LogP contribution < -0.4 is 4.90 Å². The molecular formula is C16H19BrN2. The van der Waals surface area contributed by atoms with Crippen molar-refractivity contribution < 1.29 is 0 Å². The van der Waals surface area contributed by atoms with Crippen LogP contribution in [0.4, 0.5) is 11.5 Å². The third-order valence-electron chi connectivity index (χ3n) is 3.29. The molecule has 0 aliphatic heterocycles. The quantitative estimate of drug-likeness (QED) is 0.764. The van der Waals surface area contributed by atoms with E-state index in [1.807, 2.05) is 6.20 Å². The van der Waals surface area contributed by atoms with Crippen LogP contribution in [0.3, 0.4) is 0 Å². The summed E-state index contributed by atoms with van der Waals surface area (Å²) >= 11 is 3.46. The highest BCUT2D eigenvalue weighted by Gasteiger charge is 2.11. The van der Waals surface area contributed by atoms with Gasteiger partial charge >= 0.3 is 0 Å². The van der Waals surface area contributed by atoms with Gasteiger partial charge in [-0.2, -0.15) is 0 Å². The maximum Gasteiger partial charge on any atom is 0.135 e. The molecule has 2 aromatic rings. The molecule has 2 nitrogen and oxygen atoms in total. The van der Waals surface area contributed by atoms with E-state index in [-0.39, 0.29) is 0 Å². The van der Waals surface area contributed by atoms with Gasteiger partial charge in [0.2, 0.25) is 0 Å². The number of anilines is 2. The Labute approximate surface area is 123 Å². The number of rotatable bonds is 3. The molecule has 1 aromatic heterocycles. The molecule has 2 rings (SSSR count). The molecule has 3 heteroatoms. The van der Waals surface area contributed by atoms with Crippen LogP contribution in [0.1, 0.15) is 22.3 Å². The molecule has 19 heavy (non-hydrogen) atoms. The second-order valence-corrected chi connectivity index (χ2v) is 5.53. The number of aryl methyl sites for hydroxylation is 3. The van der Waals surface area contributed by atoms with Crippen molar-refractivity contribution in [2.45, 2.75) is 26.1 Å². The third-order valence-corrected chi connectivity index (χ3v) is 3.94. The molecule has 0 radical (unpaired) electrons. The van der Waals surface area contributed by atoms with E-state index in [4.69, 9.17) is 0 Å². The number of benzene rings is 1. The number of nitrogens with zero attached hydrogens (tertiary/aromatic N) is 2. The van der Waals surface area contributed by atoms with Gasteiger partial charge < -0.3 is 4.90 Å². The fourth-order valence-electron chi connectivity index (χ4n) is 2.35. The van der Waals surface area contributed by atoms with Crippen molar-refractivity contribution in [2.24, 2.45) is 0 Å². The predicted molar refractivity (Wildman–Crippen MR) is 85.6 cm³/mol. The zero-order chi connectivity index (χ0) is 14.0. The molecule has 0 unspecified atom stereocenters. The molecule has 0 amide bonds. The smallest absolute Gasteiger partial charge is 0.135 e. The molecule has 0 atom stereocenters. The van der Waals surface area contributed by atoms with E-state index >= 15 is 0 Å². The van der Waals surface area contributed by atoms with E-state index < -0.39 is 0 Å². The van der Waals surface area contributed by atoms with Gasteiger partial charge in [0.25, 0.3) is 0 Å². The topological polar surface area (TPSA) is 16.1 Å². The Kier molecular flexibility index (Phi) is 4.25. The van der Waals surface area contributed by atoms with Gasteiger partial charge in [-0.3, -0.25) is 0 Å². The minimum absolute atomic E-state index is 0.842. The molecule has 0 bridgehead atoms. The summed E-state index contributed by atoms with van der Waals surface area (Å²) in [7, 11) is 2.07. The highest BCUT2D eigenvalue weighted by atomic mass is 79.9. The van der Waals surface area contributed by atoms with E-state index in [9.17, 15) is 0 Å². The van der Waals surface area contributed by atoms with E-state index in [0.29, 0.717) is 0 Å². The molecule has 0 spiro atoms. The first-order valence-electron chi connectivity index (χ1n) is 6.35. The molecule has 0 N–H and O–H groups in total. The summed E-state index contributed by atoms with van der Waals surface area (Å²) in [6.07, 6.45) is 1.93. The zero-order valence-electron chi connectivity index (χ0n) is 11.9. The summed E-state index contributed by atoms with van der Waals surface area (Å²) in [5.41, 5.74) is 6.16. The lowest BCUT2D eigenvalue weighted by Gasteiger charge is -2.22. The Balaban J connectivity index is 2.41. The van der Waals surface area contributed by atoms with Gasteiger partial charge in [-0.1, -0.05) is 39.7 Å². The lowest BCUT2D eigenvalue weighted by Crippen LogP contribution is -2.14.